The molecule has 0 aromatic carbocycles. The third kappa shape index (κ3) is 2.39. The maximum absolute atomic E-state index is 4.72. The van der Waals surface area contributed by atoms with Gasteiger partial charge in [0.25, 0.3) is 0 Å². The molecule has 0 heterocycles. The molecule has 0 unspecified atom stereocenters. The van der Waals surface area contributed by atoms with Crippen molar-refractivity contribution in [2.75, 3.05) is 0 Å². The van der Waals surface area contributed by atoms with E-state index in [-0.39, 0.29) is 0 Å². The summed E-state index contributed by atoms with van der Waals surface area (Å²) in [5.41, 5.74) is 0. The second kappa shape index (κ2) is 4.37. The lowest BCUT2D eigenvalue weighted by molar-refractivity contribution is 0.222. The van der Waals surface area contributed by atoms with E-state index in [2.05, 4.69) is 11.9 Å². The Balaban J connectivity index is 3.53. The summed E-state index contributed by atoms with van der Waals surface area (Å²) in [6.45, 7) is 7.09. The molecule has 0 bridgehead atoms. The van der Waals surface area contributed by atoms with Gasteiger partial charge in [0.05, 0.1) is 0 Å². The molecule has 0 spiro atoms. The minimum absolute atomic E-state index is 0.861. The van der Waals surface area contributed by atoms with E-state index in [1.165, 1.54) is 0 Å². The molecular weight excluding hydrogens is 102 g/mol. The van der Waals surface area contributed by atoms with Crippen LogP contribution in [-0.2, 0) is 4.84 Å². The first kappa shape index (κ1) is 7.21. The van der Waals surface area contributed by atoms with Crippen molar-refractivity contribution >= 4 is 6.72 Å². The Morgan fingerprint density at radius 2 is 2.50 bits per heavy atom. The third-order valence-corrected chi connectivity index (χ3v) is 0.852. The minimum atomic E-state index is 0.861. The minimum Gasteiger partial charge on any atom is -0.362 e. The molecule has 0 N–H and O–H groups in total. The van der Waals surface area contributed by atoms with Gasteiger partial charge in [0.1, 0.15) is 5.76 Å². The number of rotatable bonds is 3. The van der Waals surface area contributed by atoms with Crippen molar-refractivity contribution in [3.05, 3.63) is 11.8 Å². The van der Waals surface area contributed by atoms with Crippen molar-refractivity contribution in [1.82, 2.24) is 0 Å². The molecule has 2 heteroatoms. The zero-order valence-corrected chi connectivity index (χ0v) is 5.35. The van der Waals surface area contributed by atoms with Crippen LogP contribution in [0.4, 0.5) is 0 Å². The van der Waals surface area contributed by atoms with Crippen molar-refractivity contribution in [3.8, 4) is 0 Å². The number of hydrogen-bond donors (Lipinski definition) is 0. The lowest BCUT2D eigenvalue weighted by Gasteiger charge is -1.96. The molecule has 46 valence electrons. The van der Waals surface area contributed by atoms with Crippen LogP contribution in [0.3, 0.4) is 0 Å². The average molecular weight is 113 g/mol. The summed E-state index contributed by atoms with van der Waals surface area (Å²) in [5.74, 6) is 0.861. The lowest BCUT2D eigenvalue weighted by atomic mass is 10.4. The van der Waals surface area contributed by atoms with Crippen LogP contribution in [0.2, 0.25) is 0 Å². The fourth-order valence-electron chi connectivity index (χ4n) is 0.404. The standard InChI is InChI=1S/C6H11NO/c1-4-6(5-2)8-7-3/h4H,3,5H2,1-2H3/b6-4-. The highest BCUT2D eigenvalue weighted by Crippen LogP contribution is 2.00. The number of nitrogens with zero attached hydrogens (tertiary/aromatic N) is 1. The van der Waals surface area contributed by atoms with Gasteiger partial charge >= 0.3 is 0 Å². The Morgan fingerprint density at radius 1 is 1.88 bits per heavy atom. The highest BCUT2D eigenvalue weighted by Gasteiger charge is 1.86. The summed E-state index contributed by atoms with van der Waals surface area (Å²) in [7, 11) is 0. The smallest absolute Gasteiger partial charge is 0.130 e. The number of hydrogen-bond acceptors (Lipinski definition) is 2. The van der Waals surface area contributed by atoms with E-state index in [1.807, 2.05) is 19.9 Å². The van der Waals surface area contributed by atoms with Gasteiger partial charge in [-0.1, -0.05) is 12.1 Å². The van der Waals surface area contributed by atoms with Crippen LogP contribution in [0, 0.1) is 0 Å². The highest BCUT2D eigenvalue weighted by molar-refractivity contribution is 5.21. The van der Waals surface area contributed by atoms with Crippen LogP contribution in [0.1, 0.15) is 20.3 Å². The van der Waals surface area contributed by atoms with Gasteiger partial charge < -0.3 is 4.84 Å². The summed E-state index contributed by atoms with van der Waals surface area (Å²) in [6, 6.07) is 0. The number of allylic oxidation sites excluding steroid dienone is 2. The van der Waals surface area contributed by atoms with E-state index in [9.17, 15) is 0 Å². The van der Waals surface area contributed by atoms with Gasteiger partial charge in [-0.05, 0) is 13.0 Å². The van der Waals surface area contributed by atoms with E-state index in [0.29, 0.717) is 0 Å². The Morgan fingerprint density at radius 3 is 2.62 bits per heavy atom. The molecule has 0 aliphatic heterocycles. The molecule has 0 rings (SSSR count). The Hall–Kier alpha value is -0.790. The monoisotopic (exact) mass is 113 g/mol. The number of oxime groups is 1. The van der Waals surface area contributed by atoms with E-state index >= 15 is 0 Å². The van der Waals surface area contributed by atoms with Crippen molar-refractivity contribution in [1.29, 1.82) is 0 Å². The van der Waals surface area contributed by atoms with Crippen LogP contribution in [-0.4, -0.2) is 6.72 Å². The van der Waals surface area contributed by atoms with Crippen LogP contribution in [0.15, 0.2) is 17.0 Å². The van der Waals surface area contributed by atoms with Gasteiger partial charge in [-0.25, -0.2) is 0 Å². The van der Waals surface area contributed by atoms with Crippen molar-refractivity contribution in [3.63, 3.8) is 0 Å². The quantitative estimate of drug-likeness (QED) is 0.311. The summed E-state index contributed by atoms with van der Waals surface area (Å²) < 4.78 is 0. The summed E-state index contributed by atoms with van der Waals surface area (Å²) in [4.78, 5) is 4.72. The first-order valence-corrected chi connectivity index (χ1v) is 2.63. The van der Waals surface area contributed by atoms with Crippen LogP contribution in [0.25, 0.3) is 0 Å². The van der Waals surface area contributed by atoms with Gasteiger partial charge in [-0.3, -0.25) is 0 Å². The average Bonchev–Trinajstić information content (AvgIpc) is 1.83. The van der Waals surface area contributed by atoms with E-state index < -0.39 is 0 Å². The topological polar surface area (TPSA) is 21.6 Å². The van der Waals surface area contributed by atoms with Gasteiger partial charge in [0.2, 0.25) is 0 Å². The van der Waals surface area contributed by atoms with Crippen molar-refractivity contribution in [2.45, 2.75) is 20.3 Å². The van der Waals surface area contributed by atoms with Gasteiger partial charge in [0.15, 0.2) is 0 Å². The fraction of sp³-hybridized carbons (Fsp3) is 0.500. The maximum Gasteiger partial charge on any atom is 0.130 e. The maximum atomic E-state index is 4.72. The second-order valence-electron chi connectivity index (χ2n) is 1.33. The molecule has 0 saturated heterocycles. The van der Waals surface area contributed by atoms with Crippen molar-refractivity contribution < 1.29 is 4.84 Å². The molecule has 0 aromatic heterocycles. The predicted octanol–water partition coefficient (Wildman–Crippen LogP) is 1.93. The van der Waals surface area contributed by atoms with Crippen LogP contribution in [0.5, 0.6) is 0 Å². The third-order valence-electron chi connectivity index (χ3n) is 0.852. The molecule has 0 atom stereocenters. The molecule has 0 aliphatic carbocycles. The Kier molecular flexibility index (Phi) is 3.94. The van der Waals surface area contributed by atoms with E-state index in [4.69, 9.17) is 4.84 Å². The van der Waals surface area contributed by atoms with Crippen LogP contribution < -0.4 is 0 Å². The molecule has 2 nitrogen and oxygen atoms in total. The predicted molar refractivity (Wildman–Crippen MR) is 34.7 cm³/mol. The molecular formula is C6H11NO. The molecule has 0 aromatic rings. The summed E-state index contributed by atoms with van der Waals surface area (Å²) in [6.07, 6.45) is 2.74. The highest BCUT2D eigenvalue weighted by atomic mass is 16.6. The van der Waals surface area contributed by atoms with Gasteiger partial charge in [0, 0.05) is 13.1 Å². The van der Waals surface area contributed by atoms with Gasteiger partial charge in [-0.2, -0.15) is 0 Å². The Bertz CT molecular complexity index is 96.7. The van der Waals surface area contributed by atoms with E-state index in [1.54, 1.807) is 0 Å². The summed E-state index contributed by atoms with van der Waals surface area (Å²) >= 11 is 0. The van der Waals surface area contributed by atoms with Crippen molar-refractivity contribution in [2.24, 2.45) is 5.16 Å². The van der Waals surface area contributed by atoms with E-state index in [0.717, 1.165) is 12.2 Å². The second-order valence-corrected chi connectivity index (χ2v) is 1.33. The summed E-state index contributed by atoms with van der Waals surface area (Å²) in [5, 5.41) is 3.26. The molecule has 8 heavy (non-hydrogen) atoms. The van der Waals surface area contributed by atoms with Gasteiger partial charge in [-0.15, -0.1) is 0 Å². The Labute approximate surface area is 49.8 Å². The zero-order valence-electron chi connectivity index (χ0n) is 5.35. The molecule has 0 fully saturated rings. The lowest BCUT2D eigenvalue weighted by Crippen LogP contribution is -1.79. The molecule has 0 radical (unpaired) electrons. The largest absolute Gasteiger partial charge is 0.362 e. The zero-order chi connectivity index (χ0) is 6.41. The molecule has 0 saturated carbocycles. The molecule has 0 aliphatic rings. The van der Waals surface area contributed by atoms with Crippen LogP contribution >= 0.6 is 0 Å². The normalized spacial score (nSPS) is 11.0. The molecule has 0 amide bonds. The first-order valence-electron chi connectivity index (χ1n) is 2.63. The fourth-order valence-corrected chi connectivity index (χ4v) is 0.404. The first-order chi connectivity index (χ1) is 3.85. The SMILES string of the molecule is C=NO/C(=C\C)CC.